The van der Waals surface area contributed by atoms with Crippen LogP contribution in [0.3, 0.4) is 0 Å². The Bertz CT molecular complexity index is 400. The molecule has 6 nitrogen and oxygen atoms in total. The quantitative estimate of drug-likeness (QED) is 0.728. The van der Waals surface area contributed by atoms with Crippen molar-refractivity contribution in [1.29, 1.82) is 0 Å². The zero-order valence-corrected chi connectivity index (χ0v) is 12.7. The highest BCUT2D eigenvalue weighted by Crippen LogP contribution is 2.18. The summed E-state index contributed by atoms with van der Waals surface area (Å²) in [7, 11) is -2.89. The lowest BCUT2D eigenvalue weighted by atomic mass is 10.2. The summed E-state index contributed by atoms with van der Waals surface area (Å²) in [4.78, 5) is 11.3. The van der Waals surface area contributed by atoms with Gasteiger partial charge in [0.2, 0.25) is 0 Å². The third-order valence-corrected chi connectivity index (χ3v) is 5.08. The molecular weight excluding hydrogens is 268 g/mol. The summed E-state index contributed by atoms with van der Waals surface area (Å²) in [5.41, 5.74) is -0.505. The van der Waals surface area contributed by atoms with E-state index in [0.29, 0.717) is 25.4 Å². The summed E-state index contributed by atoms with van der Waals surface area (Å²) in [6.45, 7) is 6.81. The second-order valence-corrected chi connectivity index (χ2v) is 8.16. The topological polar surface area (TPSA) is 84.5 Å². The van der Waals surface area contributed by atoms with Gasteiger partial charge in [-0.05, 0) is 33.6 Å². The van der Waals surface area contributed by atoms with Crippen molar-refractivity contribution in [2.75, 3.05) is 25.4 Å². The number of sulfone groups is 1. The predicted molar refractivity (Wildman–Crippen MR) is 73.9 cm³/mol. The smallest absolute Gasteiger partial charge is 0.407 e. The average molecular weight is 292 g/mol. The van der Waals surface area contributed by atoms with Crippen LogP contribution in [0.25, 0.3) is 0 Å². The van der Waals surface area contributed by atoms with E-state index in [9.17, 15) is 13.2 Å². The second-order valence-electron chi connectivity index (χ2n) is 5.76. The van der Waals surface area contributed by atoms with E-state index < -0.39 is 21.5 Å². The molecule has 1 aliphatic rings. The first-order valence-electron chi connectivity index (χ1n) is 6.60. The van der Waals surface area contributed by atoms with E-state index in [1.807, 2.05) is 0 Å². The first-order valence-corrected chi connectivity index (χ1v) is 8.31. The van der Waals surface area contributed by atoms with Crippen molar-refractivity contribution >= 4 is 15.9 Å². The van der Waals surface area contributed by atoms with E-state index in [0.717, 1.165) is 12.8 Å². The van der Waals surface area contributed by atoms with Crippen molar-refractivity contribution in [3.05, 3.63) is 0 Å². The third kappa shape index (κ3) is 6.24. The maximum atomic E-state index is 11.6. The zero-order valence-electron chi connectivity index (χ0n) is 11.9. The number of nitrogens with one attached hydrogen (secondary N) is 2. The minimum absolute atomic E-state index is 0.269. The van der Waals surface area contributed by atoms with Gasteiger partial charge in [0.1, 0.15) is 5.60 Å². The lowest BCUT2D eigenvalue weighted by Crippen LogP contribution is -2.38. The van der Waals surface area contributed by atoms with Gasteiger partial charge in [0.05, 0.1) is 11.0 Å². The molecule has 0 bridgehead atoms. The van der Waals surface area contributed by atoms with Crippen molar-refractivity contribution in [3.63, 3.8) is 0 Å². The molecule has 1 unspecified atom stereocenters. The molecular formula is C12H24N2O4S. The Balaban J connectivity index is 2.10. The van der Waals surface area contributed by atoms with E-state index in [2.05, 4.69) is 10.6 Å². The van der Waals surface area contributed by atoms with E-state index >= 15 is 0 Å². The van der Waals surface area contributed by atoms with Crippen LogP contribution in [-0.2, 0) is 14.6 Å². The van der Waals surface area contributed by atoms with Crippen LogP contribution in [0, 0.1) is 0 Å². The summed E-state index contributed by atoms with van der Waals surface area (Å²) in [6, 6.07) is 0. The Morgan fingerprint density at radius 2 is 2.00 bits per heavy atom. The van der Waals surface area contributed by atoms with Crippen LogP contribution < -0.4 is 10.6 Å². The molecule has 1 fully saturated rings. The highest BCUT2D eigenvalue weighted by atomic mass is 32.2. The minimum atomic E-state index is -2.89. The maximum absolute atomic E-state index is 11.6. The average Bonchev–Trinajstić information content (AvgIpc) is 2.55. The number of hydrogen-bond acceptors (Lipinski definition) is 5. The van der Waals surface area contributed by atoms with Gasteiger partial charge in [-0.15, -0.1) is 0 Å². The molecule has 2 N–H and O–H groups in total. The molecule has 1 rings (SSSR count). The largest absolute Gasteiger partial charge is 0.444 e. The van der Waals surface area contributed by atoms with Crippen molar-refractivity contribution in [2.45, 2.75) is 44.5 Å². The molecule has 1 amide bonds. The fraction of sp³-hybridized carbons (Fsp3) is 0.917. The molecule has 7 heteroatoms. The molecule has 0 radical (unpaired) electrons. The van der Waals surface area contributed by atoms with Gasteiger partial charge in [0.15, 0.2) is 9.84 Å². The monoisotopic (exact) mass is 292 g/mol. The molecule has 0 aliphatic carbocycles. The van der Waals surface area contributed by atoms with Crippen molar-refractivity contribution in [1.82, 2.24) is 10.6 Å². The van der Waals surface area contributed by atoms with Gasteiger partial charge in [-0.3, -0.25) is 0 Å². The molecule has 0 spiro atoms. The predicted octanol–water partition coefficient (Wildman–Crippen LogP) is 0.678. The van der Waals surface area contributed by atoms with Gasteiger partial charge in [0, 0.05) is 19.6 Å². The fourth-order valence-electron chi connectivity index (χ4n) is 1.92. The normalized spacial score (nSPS) is 22.2. The van der Waals surface area contributed by atoms with Crippen LogP contribution in [0.1, 0.15) is 33.6 Å². The number of carbonyl (C=O) groups excluding carboxylic acids is 1. The maximum Gasteiger partial charge on any atom is 0.407 e. The van der Waals surface area contributed by atoms with Crippen LogP contribution in [0.15, 0.2) is 0 Å². The van der Waals surface area contributed by atoms with Gasteiger partial charge in [-0.2, -0.15) is 0 Å². The molecule has 1 heterocycles. The van der Waals surface area contributed by atoms with Gasteiger partial charge in [-0.1, -0.05) is 0 Å². The molecule has 0 aromatic heterocycles. The van der Waals surface area contributed by atoms with E-state index in [1.165, 1.54) is 0 Å². The number of ether oxygens (including phenoxy) is 1. The number of carbonyl (C=O) groups is 1. The number of amides is 1. The molecule has 0 saturated carbocycles. The number of rotatable bonds is 5. The van der Waals surface area contributed by atoms with Crippen molar-refractivity contribution in [2.24, 2.45) is 0 Å². The van der Waals surface area contributed by atoms with Crippen LogP contribution in [-0.4, -0.2) is 50.7 Å². The van der Waals surface area contributed by atoms with Crippen LogP contribution in [0.2, 0.25) is 0 Å². The standard InChI is InChI=1S/C12H24N2O4S/c1-12(2,3)18-11(15)14-7-6-13-9-10-5-4-8-19(10,16)17/h10,13H,4-9H2,1-3H3,(H,14,15). The molecule has 0 aromatic carbocycles. The summed E-state index contributed by atoms with van der Waals surface area (Å²) in [6.07, 6.45) is 1.03. The second kappa shape index (κ2) is 6.56. The molecule has 0 aromatic rings. The first kappa shape index (κ1) is 16.2. The summed E-state index contributed by atoms with van der Waals surface area (Å²) < 4.78 is 28.2. The number of alkyl carbamates (subject to hydrolysis) is 1. The van der Waals surface area contributed by atoms with Crippen LogP contribution >= 0.6 is 0 Å². The van der Waals surface area contributed by atoms with E-state index in [4.69, 9.17) is 4.74 Å². The lowest BCUT2D eigenvalue weighted by molar-refractivity contribution is 0.0528. The highest BCUT2D eigenvalue weighted by molar-refractivity contribution is 7.92. The fourth-order valence-corrected chi connectivity index (χ4v) is 3.72. The number of hydrogen-bond donors (Lipinski definition) is 2. The van der Waals surface area contributed by atoms with Crippen LogP contribution in [0.4, 0.5) is 4.79 Å². The van der Waals surface area contributed by atoms with Gasteiger partial charge in [-0.25, -0.2) is 13.2 Å². The Hall–Kier alpha value is -0.820. The van der Waals surface area contributed by atoms with Gasteiger partial charge >= 0.3 is 6.09 Å². The van der Waals surface area contributed by atoms with Crippen molar-refractivity contribution in [3.8, 4) is 0 Å². The molecule has 1 saturated heterocycles. The Morgan fingerprint density at radius 1 is 1.32 bits per heavy atom. The molecule has 112 valence electrons. The summed E-state index contributed by atoms with van der Waals surface area (Å²) >= 11 is 0. The SMILES string of the molecule is CC(C)(C)OC(=O)NCCNCC1CCCS1(=O)=O. The molecule has 1 aliphatic heterocycles. The summed E-state index contributed by atoms with van der Waals surface area (Å²) in [5.74, 6) is 0.301. The zero-order chi connectivity index (χ0) is 14.5. The van der Waals surface area contributed by atoms with Crippen molar-refractivity contribution < 1.29 is 17.9 Å². The Morgan fingerprint density at radius 3 is 2.53 bits per heavy atom. The third-order valence-electron chi connectivity index (χ3n) is 2.80. The highest BCUT2D eigenvalue weighted by Gasteiger charge is 2.30. The van der Waals surface area contributed by atoms with E-state index in [1.54, 1.807) is 20.8 Å². The van der Waals surface area contributed by atoms with E-state index in [-0.39, 0.29) is 5.25 Å². The minimum Gasteiger partial charge on any atom is -0.444 e. The van der Waals surface area contributed by atoms with Gasteiger partial charge < -0.3 is 15.4 Å². The molecule has 19 heavy (non-hydrogen) atoms. The Kier molecular flexibility index (Phi) is 5.61. The summed E-state index contributed by atoms with van der Waals surface area (Å²) in [5, 5.41) is 5.39. The first-order chi connectivity index (χ1) is 8.71. The molecule has 1 atom stereocenters. The van der Waals surface area contributed by atoms with Gasteiger partial charge in [0.25, 0.3) is 0 Å². The lowest BCUT2D eigenvalue weighted by Gasteiger charge is -2.19. The van der Waals surface area contributed by atoms with Crippen LogP contribution in [0.5, 0.6) is 0 Å². The Labute approximate surface area is 115 Å².